The normalized spacial score (nSPS) is 11.9. The summed E-state index contributed by atoms with van der Waals surface area (Å²) in [5.74, 6) is 0. The number of furan rings is 2. The highest BCUT2D eigenvalue weighted by Crippen LogP contribution is 2.41. The second-order valence-electron chi connectivity index (χ2n) is 12.9. The summed E-state index contributed by atoms with van der Waals surface area (Å²) in [6, 6.07) is 53.3. The van der Waals surface area contributed by atoms with Gasteiger partial charge in [-0.25, -0.2) is 9.97 Å². The van der Waals surface area contributed by atoms with Gasteiger partial charge in [0.2, 0.25) is 5.71 Å². The minimum absolute atomic E-state index is 0.530. The minimum Gasteiger partial charge on any atom is -0.455 e. The van der Waals surface area contributed by atoms with Crippen molar-refractivity contribution in [1.82, 2.24) is 9.97 Å². The summed E-state index contributed by atoms with van der Waals surface area (Å²) in [6.45, 7) is 0. The molecule has 0 amide bonds. The maximum absolute atomic E-state index is 6.36. The number of benzene rings is 7. The molecular weight excluding hydrogens is 645 g/mol. The van der Waals surface area contributed by atoms with Gasteiger partial charge in [-0.05, 0) is 64.2 Å². The van der Waals surface area contributed by atoms with Crippen LogP contribution in [0.3, 0.4) is 0 Å². The van der Waals surface area contributed by atoms with Crippen LogP contribution in [0.2, 0.25) is 0 Å². The van der Waals surface area contributed by atoms with Gasteiger partial charge in [0.15, 0.2) is 0 Å². The number of hydrogen-bond donors (Lipinski definition) is 0. The summed E-state index contributed by atoms with van der Waals surface area (Å²) in [6.07, 6.45) is 1.81. The zero-order chi connectivity index (χ0) is 33.5. The van der Waals surface area contributed by atoms with Crippen LogP contribution in [0.1, 0.15) is 0 Å². The summed E-state index contributed by atoms with van der Waals surface area (Å²) in [5, 5.41) is 5.78. The molecule has 238 valence electrons. The first-order valence-electron chi connectivity index (χ1n) is 17.0. The maximum atomic E-state index is 6.36. The van der Waals surface area contributed by atoms with E-state index in [2.05, 4.69) is 133 Å². The van der Waals surface area contributed by atoms with Gasteiger partial charge in [-0.3, -0.25) is 0 Å². The van der Waals surface area contributed by atoms with Crippen LogP contribution < -0.4 is 0 Å². The van der Waals surface area contributed by atoms with Gasteiger partial charge in [0, 0.05) is 47.5 Å². The molecule has 4 heterocycles. The van der Waals surface area contributed by atoms with Crippen LogP contribution in [0.25, 0.3) is 109 Å². The Morgan fingerprint density at radius 2 is 1.12 bits per heavy atom. The van der Waals surface area contributed by atoms with E-state index >= 15 is 0 Å². The SMILES string of the molecule is c1cc(-c2ccc3oc4ncc(-c5cccc(-c6cccc7c6sc6ccccc67)c5)nc4c3c2)cc(-c2cccc3c2oc2ccccc23)c1. The van der Waals surface area contributed by atoms with Crippen molar-refractivity contribution < 1.29 is 8.83 Å². The van der Waals surface area contributed by atoms with E-state index in [9.17, 15) is 0 Å². The predicted molar refractivity (Wildman–Crippen MR) is 211 cm³/mol. The molecule has 0 radical (unpaired) electrons. The Kier molecular flexibility index (Phi) is 6.09. The number of rotatable bonds is 4. The Labute approximate surface area is 295 Å². The summed E-state index contributed by atoms with van der Waals surface area (Å²) in [7, 11) is 0. The molecule has 11 rings (SSSR count). The fourth-order valence-corrected chi connectivity index (χ4v) is 8.75. The third kappa shape index (κ3) is 4.45. The molecule has 4 nitrogen and oxygen atoms in total. The quantitative estimate of drug-likeness (QED) is 0.187. The molecule has 0 spiro atoms. The van der Waals surface area contributed by atoms with Crippen molar-refractivity contribution in [3.8, 4) is 44.6 Å². The highest BCUT2D eigenvalue weighted by molar-refractivity contribution is 7.26. The highest BCUT2D eigenvalue weighted by Gasteiger charge is 2.16. The van der Waals surface area contributed by atoms with Crippen molar-refractivity contribution in [3.05, 3.63) is 158 Å². The second-order valence-corrected chi connectivity index (χ2v) is 14.0. The van der Waals surface area contributed by atoms with Gasteiger partial charge < -0.3 is 8.83 Å². The van der Waals surface area contributed by atoms with Crippen molar-refractivity contribution in [2.45, 2.75) is 0 Å². The van der Waals surface area contributed by atoms with Crippen LogP contribution in [0.15, 0.2) is 167 Å². The summed E-state index contributed by atoms with van der Waals surface area (Å²) >= 11 is 1.84. The lowest BCUT2D eigenvalue weighted by Gasteiger charge is -2.07. The number of fused-ring (bicyclic) bond motifs is 9. The van der Waals surface area contributed by atoms with Gasteiger partial charge in [0.05, 0.1) is 11.9 Å². The third-order valence-electron chi connectivity index (χ3n) is 9.97. The Bertz CT molecular complexity index is 2950. The van der Waals surface area contributed by atoms with Gasteiger partial charge >= 0.3 is 0 Å². The fraction of sp³-hybridized carbons (Fsp3) is 0. The zero-order valence-electron chi connectivity index (χ0n) is 27.1. The van der Waals surface area contributed by atoms with Crippen LogP contribution >= 0.6 is 11.3 Å². The molecule has 0 saturated heterocycles. The van der Waals surface area contributed by atoms with Crippen LogP contribution in [0.4, 0.5) is 0 Å². The first kappa shape index (κ1) is 28.3. The maximum Gasteiger partial charge on any atom is 0.246 e. The van der Waals surface area contributed by atoms with E-state index in [1.54, 1.807) is 0 Å². The lowest BCUT2D eigenvalue weighted by Crippen LogP contribution is -1.88. The lowest BCUT2D eigenvalue weighted by molar-refractivity contribution is 0.653. The average molecular weight is 671 g/mol. The first-order valence-corrected chi connectivity index (χ1v) is 17.8. The topological polar surface area (TPSA) is 52.1 Å². The first-order chi connectivity index (χ1) is 25.2. The second kappa shape index (κ2) is 11.0. The Morgan fingerprint density at radius 1 is 0.451 bits per heavy atom. The van der Waals surface area contributed by atoms with Crippen LogP contribution in [0, 0.1) is 0 Å². The number of hydrogen-bond acceptors (Lipinski definition) is 5. The van der Waals surface area contributed by atoms with E-state index in [4.69, 9.17) is 18.8 Å². The molecule has 0 N–H and O–H groups in total. The van der Waals surface area contributed by atoms with Crippen LogP contribution in [-0.4, -0.2) is 9.97 Å². The molecule has 7 aromatic carbocycles. The number of aromatic nitrogens is 2. The van der Waals surface area contributed by atoms with Gasteiger partial charge in [-0.2, -0.15) is 0 Å². The van der Waals surface area contributed by atoms with Crippen LogP contribution in [0.5, 0.6) is 0 Å². The van der Waals surface area contributed by atoms with E-state index in [-0.39, 0.29) is 0 Å². The molecule has 0 aliphatic heterocycles. The number of thiophene rings is 1. The van der Waals surface area contributed by atoms with Crippen molar-refractivity contribution in [3.63, 3.8) is 0 Å². The molecule has 51 heavy (non-hydrogen) atoms. The van der Waals surface area contributed by atoms with Crippen molar-refractivity contribution in [2.24, 2.45) is 0 Å². The van der Waals surface area contributed by atoms with E-state index < -0.39 is 0 Å². The third-order valence-corrected chi connectivity index (χ3v) is 11.2. The summed E-state index contributed by atoms with van der Waals surface area (Å²) in [4.78, 5) is 9.90. The average Bonchev–Trinajstić information content (AvgIpc) is 3.89. The molecule has 0 fully saturated rings. The van der Waals surface area contributed by atoms with Crippen LogP contribution in [-0.2, 0) is 0 Å². The van der Waals surface area contributed by atoms with E-state index in [1.807, 2.05) is 35.7 Å². The molecule has 0 aliphatic rings. The Hall–Kier alpha value is -6.56. The largest absolute Gasteiger partial charge is 0.455 e. The Balaban J connectivity index is 0.994. The van der Waals surface area contributed by atoms with Crippen molar-refractivity contribution in [1.29, 1.82) is 0 Å². The molecule has 0 bridgehead atoms. The number of para-hydroxylation sites is 2. The Morgan fingerprint density at radius 3 is 2.04 bits per heavy atom. The molecule has 4 aromatic heterocycles. The summed E-state index contributed by atoms with van der Waals surface area (Å²) < 4.78 is 15.1. The summed E-state index contributed by atoms with van der Waals surface area (Å²) in [5.41, 5.74) is 12.4. The lowest BCUT2D eigenvalue weighted by atomic mass is 9.97. The van der Waals surface area contributed by atoms with Crippen molar-refractivity contribution >= 4 is 75.6 Å². The molecule has 0 atom stereocenters. The predicted octanol–water partition coefficient (Wildman–Crippen LogP) is 13.3. The van der Waals surface area contributed by atoms with E-state index in [0.717, 1.165) is 77.5 Å². The fourth-order valence-electron chi connectivity index (χ4n) is 7.52. The van der Waals surface area contributed by atoms with Gasteiger partial charge in [0.25, 0.3) is 0 Å². The standard InChI is InChI=1S/C46H26N2O2S/c1-3-19-40-34(13-1)36-17-7-15-32(44(36)49-40)29-10-5-9-27(23-29)28-21-22-41-38(25-28)43-46(50-41)47-26-39(48-43)31-12-6-11-30(24-31)33-16-8-18-37-35-14-2-4-20-42(35)51-45(33)37/h1-26H. The molecule has 0 aliphatic carbocycles. The zero-order valence-corrected chi connectivity index (χ0v) is 27.9. The highest BCUT2D eigenvalue weighted by atomic mass is 32.1. The van der Waals surface area contributed by atoms with Crippen molar-refractivity contribution in [2.75, 3.05) is 0 Å². The van der Waals surface area contributed by atoms with Gasteiger partial charge in [-0.1, -0.05) is 115 Å². The molecule has 11 aromatic rings. The monoisotopic (exact) mass is 670 g/mol. The number of nitrogens with zero attached hydrogens (tertiary/aromatic N) is 2. The molecule has 0 unspecified atom stereocenters. The van der Waals surface area contributed by atoms with Gasteiger partial charge in [-0.15, -0.1) is 11.3 Å². The van der Waals surface area contributed by atoms with E-state index in [0.29, 0.717) is 5.71 Å². The molecule has 0 saturated carbocycles. The molecule has 5 heteroatoms. The smallest absolute Gasteiger partial charge is 0.246 e. The van der Waals surface area contributed by atoms with E-state index in [1.165, 1.54) is 25.7 Å². The minimum atomic E-state index is 0.530. The molecular formula is C46H26N2O2S. The van der Waals surface area contributed by atoms with Gasteiger partial charge in [0.1, 0.15) is 22.3 Å².